The maximum Gasteiger partial charge on any atom is 0.306 e. The molecule has 0 aliphatic heterocycles. The van der Waals surface area contributed by atoms with Crippen molar-refractivity contribution in [2.45, 2.75) is 26.2 Å². The van der Waals surface area contributed by atoms with Crippen molar-refractivity contribution in [1.29, 1.82) is 0 Å². The highest BCUT2D eigenvalue weighted by molar-refractivity contribution is 5.70. The Morgan fingerprint density at radius 3 is 1.95 bits per heavy atom. The molecule has 0 aliphatic rings. The molecular formula is C14H27NO6. The molecule has 0 aromatic heterocycles. The van der Waals surface area contributed by atoms with Crippen molar-refractivity contribution in [3.8, 4) is 0 Å². The van der Waals surface area contributed by atoms with Crippen LogP contribution in [0.1, 0.15) is 26.2 Å². The van der Waals surface area contributed by atoms with Crippen molar-refractivity contribution in [2.24, 2.45) is 0 Å². The molecule has 0 heterocycles. The molecule has 0 saturated carbocycles. The molecule has 124 valence electrons. The average Bonchev–Trinajstić information content (AvgIpc) is 2.51. The second-order valence-corrected chi connectivity index (χ2v) is 4.37. The monoisotopic (exact) mass is 305 g/mol. The van der Waals surface area contributed by atoms with E-state index in [0.717, 1.165) is 13.0 Å². The molecular weight excluding hydrogens is 278 g/mol. The molecule has 7 nitrogen and oxygen atoms in total. The highest BCUT2D eigenvalue weighted by atomic mass is 16.7. The minimum Gasteiger partial charge on any atom is -0.469 e. The molecule has 0 unspecified atom stereocenters. The summed E-state index contributed by atoms with van der Waals surface area (Å²) in [6.45, 7) is 5.24. The van der Waals surface area contributed by atoms with Crippen LogP contribution in [-0.4, -0.2) is 70.7 Å². The molecule has 7 heteroatoms. The zero-order valence-corrected chi connectivity index (χ0v) is 13.3. The first-order valence-electron chi connectivity index (χ1n) is 7.15. The number of methoxy groups -OCH3 is 2. The van der Waals surface area contributed by atoms with Gasteiger partial charge in [0.1, 0.15) is 6.79 Å². The number of ether oxygens (including phenoxy) is 4. The second-order valence-electron chi connectivity index (χ2n) is 4.37. The standard InChI is InChI=1S/C14H27NO6/c1-4-20-12-21-11-5-8-15(9-6-13(16)18-2)10-7-14(17)19-3/h4-12H2,1-3H3. The Morgan fingerprint density at radius 2 is 1.48 bits per heavy atom. The van der Waals surface area contributed by atoms with Gasteiger partial charge in [-0.25, -0.2) is 0 Å². The molecule has 0 atom stereocenters. The van der Waals surface area contributed by atoms with Crippen LogP contribution in [0.5, 0.6) is 0 Å². The van der Waals surface area contributed by atoms with Crippen molar-refractivity contribution < 1.29 is 28.5 Å². The van der Waals surface area contributed by atoms with E-state index in [-0.39, 0.29) is 11.9 Å². The third-order valence-corrected chi connectivity index (χ3v) is 2.85. The summed E-state index contributed by atoms with van der Waals surface area (Å²) in [5.41, 5.74) is 0. The Balaban J connectivity index is 3.93. The Bertz CT molecular complexity index is 265. The largest absolute Gasteiger partial charge is 0.469 e. The molecule has 0 amide bonds. The fraction of sp³-hybridized carbons (Fsp3) is 0.857. The van der Waals surface area contributed by atoms with Crippen LogP contribution in [0.15, 0.2) is 0 Å². The summed E-state index contributed by atoms with van der Waals surface area (Å²) in [6, 6.07) is 0. The lowest BCUT2D eigenvalue weighted by Gasteiger charge is -2.21. The number of carbonyl (C=O) groups is 2. The van der Waals surface area contributed by atoms with E-state index in [9.17, 15) is 9.59 Å². The average molecular weight is 305 g/mol. The van der Waals surface area contributed by atoms with Gasteiger partial charge in [0.2, 0.25) is 0 Å². The predicted molar refractivity (Wildman–Crippen MR) is 76.8 cm³/mol. The van der Waals surface area contributed by atoms with Gasteiger partial charge in [-0.1, -0.05) is 0 Å². The van der Waals surface area contributed by atoms with Gasteiger partial charge < -0.3 is 23.8 Å². The SMILES string of the molecule is CCOCOCCCN(CCC(=O)OC)CCC(=O)OC. The van der Waals surface area contributed by atoms with Crippen molar-refractivity contribution in [2.75, 3.05) is 53.9 Å². The van der Waals surface area contributed by atoms with Gasteiger partial charge in [0.25, 0.3) is 0 Å². The van der Waals surface area contributed by atoms with Crippen LogP contribution in [-0.2, 0) is 28.5 Å². The quantitative estimate of drug-likeness (QED) is 0.283. The number of rotatable bonds is 13. The Kier molecular flexibility index (Phi) is 13.0. The summed E-state index contributed by atoms with van der Waals surface area (Å²) >= 11 is 0. The molecule has 0 saturated heterocycles. The van der Waals surface area contributed by atoms with E-state index in [1.165, 1.54) is 14.2 Å². The Hall–Kier alpha value is -1.18. The van der Waals surface area contributed by atoms with Gasteiger partial charge >= 0.3 is 11.9 Å². The van der Waals surface area contributed by atoms with Crippen LogP contribution in [0.4, 0.5) is 0 Å². The Labute approximate surface area is 126 Å². The molecule has 0 aromatic rings. The number of hydrogen-bond acceptors (Lipinski definition) is 7. The summed E-state index contributed by atoms with van der Waals surface area (Å²) in [5, 5.41) is 0. The molecule has 0 N–H and O–H groups in total. The summed E-state index contributed by atoms with van der Waals surface area (Å²) in [4.78, 5) is 24.4. The van der Waals surface area contributed by atoms with Gasteiger partial charge in [-0.15, -0.1) is 0 Å². The molecule has 21 heavy (non-hydrogen) atoms. The normalized spacial score (nSPS) is 10.7. The first-order valence-corrected chi connectivity index (χ1v) is 7.15. The molecule has 0 rings (SSSR count). The van der Waals surface area contributed by atoms with Gasteiger partial charge in [0.05, 0.1) is 33.7 Å². The van der Waals surface area contributed by atoms with Crippen molar-refractivity contribution in [3.63, 3.8) is 0 Å². The van der Waals surface area contributed by atoms with Crippen LogP contribution in [0.2, 0.25) is 0 Å². The van der Waals surface area contributed by atoms with E-state index in [4.69, 9.17) is 9.47 Å². The lowest BCUT2D eigenvalue weighted by Crippen LogP contribution is -2.31. The van der Waals surface area contributed by atoms with Crippen LogP contribution >= 0.6 is 0 Å². The van der Waals surface area contributed by atoms with E-state index >= 15 is 0 Å². The summed E-state index contributed by atoms with van der Waals surface area (Å²) in [7, 11) is 2.73. The van der Waals surface area contributed by atoms with Crippen molar-refractivity contribution in [1.82, 2.24) is 4.90 Å². The number of esters is 2. The van der Waals surface area contributed by atoms with E-state index in [2.05, 4.69) is 9.47 Å². The number of carbonyl (C=O) groups excluding carboxylic acids is 2. The third-order valence-electron chi connectivity index (χ3n) is 2.85. The second kappa shape index (κ2) is 13.8. The van der Waals surface area contributed by atoms with E-state index in [1.54, 1.807) is 0 Å². The fourth-order valence-corrected chi connectivity index (χ4v) is 1.63. The van der Waals surface area contributed by atoms with Crippen molar-refractivity contribution >= 4 is 11.9 Å². The smallest absolute Gasteiger partial charge is 0.306 e. The van der Waals surface area contributed by atoms with Crippen molar-refractivity contribution in [3.05, 3.63) is 0 Å². The van der Waals surface area contributed by atoms with E-state index < -0.39 is 0 Å². The first kappa shape index (κ1) is 19.8. The molecule has 0 aromatic carbocycles. The summed E-state index contributed by atoms with van der Waals surface area (Å²) in [6.07, 6.45) is 1.41. The van der Waals surface area contributed by atoms with Gasteiger partial charge in [-0.2, -0.15) is 0 Å². The van der Waals surface area contributed by atoms with Crippen LogP contribution < -0.4 is 0 Å². The molecule has 0 aliphatic carbocycles. The molecule has 0 bridgehead atoms. The van der Waals surface area contributed by atoms with Gasteiger partial charge in [-0.05, 0) is 13.3 Å². The fourth-order valence-electron chi connectivity index (χ4n) is 1.63. The number of hydrogen-bond donors (Lipinski definition) is 0. The van der Waals surface area contributed by atoms with E-state index in [0.29, 0.717) is 45.9 Å². The zero-order chi connectivity index (χ0) is 15.9. The predicted octanol–water partition coefficient (Wildman–Crippen LogP) is 0.815. The third kappa shape index (κ3) is 12.3. The maximum atomic E-state index is 11.2. The minimum absolute atomic E-state index is 0.259. The van der Waals surface area contributed by atoms with Gasteiger partial charge in [0.15, 0.2) is 0 Å². The lowest BCUT2D eigenvalue weighted by molar-refractivity contribution is -0.141. The zero-order valence-electron chi connectivity index (χ0n) is 13.3. The maximum absolute atomic E-state index is 11.2. The van der Waals surface area contributed by atoms with Gasteiger partial charge in [0, 0.05) is 26.2 Å². The Morgan fingerprint density at radius 1 is 0.905 bits per heavy atom. The molecule has 0 fully saturated rings. The van der Waals surface area contributed by atoms with Crippen LogP contribution in [0.25, 0.3) is 0 Å². The topological polar surface area (TPSA) is 74.3 Å². The summed E-state index contributed by atoms with van der Waals surface area (Å²) < 4.78 is 19.6. The minimum atomic E-state index is -0.259. The molecule has 0 spiro atoms. The number of nitrogens with zero attached hydrogens (tertiary/aromatic N) is 1. The highest BCUT2D eigenvalue weighted by Crippen LogP contribution is 1.99. The lowest BCUT2D eigenvalue weighted by atomic mass is 10.3. The molecule has 0 radical (unpaired) electrons. The first-order chi connectivity index (χ1) is 10.1. The van der Waals surface area contributed by atoms with Crippen LogP contribution in [0, 0.1) is 0 Å². The van der Waals surface area contributed by atoms with Gasteiger partial charge in [-0.3, -0.25) is 9.59 Å². The summed E-state index contributed by atoms with van der Waals surface area (Å²) in [5.74, 6) is -0.517. The van der Waals surface area contributed by atoms with E-state index in [1.807, 2.05) is 11.8 Å². The van der Waals surface area contributed by atoms with Crippen LogP contribution in [0.3, 0.4) is 0 Å². The highest BCUT2D eigenvalue weighted by Gasteiger charge is 2.11.